The molecule has 30 heavy (non-hydrogen) atoms. The van der Waals surface area contributed by atoms with Crippen molar-refractivity contribution in [2.75, 3.05) is 7.11 Å². The highest BCUT2D eigenvalue weighted by Crippen LogP contribution is 2.29. The van der Waals surface area contributed by atoms with Crippen LogP contribution in [0.15, 0.2) is 76.5 Å². The summed E-state index contributed by atoms with van der Waals surface area (Å²) in [4.78, 5) is 11.8. The minimum atomic E-state index is -0.343. The van der Waals surface area contributed by atoms with E-state index in [1.54, 1.807) is 24.1 Å². The number of aromatic nitrogens is 3. The van der Waals surface area contributed by atoms with Crippen molar-refractivity contribution in [3.8, 4) is 11.4 Å². The van der Waals surface area contributed by atoms with Crippen LogP contribution >= 0.6 is 11.8 Å². The number of methoxy groups -OCH3 is 1. The summed E-state index contributed by atoms with van der Waals surface area (Å²) in [5, 5.41) is 9.71. The van der Waals surface area contributed by atoms with Crippen molar-refractivity contribution >= 4 is 17.7 Å². The number of thioether (sulfide) groups is 1. The second-order valence-electron chi connectivity index (χ2n) is 6.77. The van der Waals surface area contributed by atoms with Gasteiger partial charge >= 0.3 is 5.97 Å². The summed E-state index contributed by atoms with van der Waals surface area (Å²) in [7, 11) is 1.38. The molecule has 0 N–H and O–H groups in total. The van der Waals surface area contributed by atoms with Gasteiger partial charge in [0.1, 0.15) is 5.76 Å². The van der Waals surface area contributed by atoms with Crippen molar-refractivity contribution in [1.29, 1.82) is 0 Å². The maximum atomic E-state index is 11.8. The Hall–Kier alpha value is -3.32. The van der Waals surface area contributed by atoms with E-state index < -0.39 is 0 Å². The fourth-order valence-electron chi connectivity index (χ4n) is 3.17. The van der Waals surface area contributed by atoms with Gasteiger partial charge in [0.2, 0.25) is 0 Å². The first-order valence-corrected chi connectivity index (χ1v) is 10.5. The van der Waals surface area contributed by atoms with E-state index >= 15 is 0 Å². The molecule has 0 saturated heterocycles. The Balaban J connectivity index is 1.63. The van der Waals surface area contributed by atoms with Gasteiger partial charge in [-0.25, -0.2) is 4.79 Å². The van der Waals surface area contributed by atoms with Gasteiger partial charge in [0, 0.05) is 11.3 Å². The number of esters is 1. The molecule has 0 amide bonds. The first-order valence-electron chi connectivity index (χ1n) is 9.47. The summed E-state index contributed by atoms with van der Waals surface area (Å²) in [6.45, 7) is 2.60. The van der Waals surface area contributed by atoms with Gasteiger partial charge in [-0.3, -0.25) is 4.57 Å². The Morgan fingerprint density at radius 1 is 1.10 bits per heavy atom. The smallest absolute Gasteiger partial charge is 0.337 e. The Kier molecular flexibility index (Phi) is 5.99. The van der Waals surface area contributed by atoms with Crippen molar-refractivity contribution < 1.29 is 13.9 Å². The molecule has 0 fully saturated rings. The van der Waals surface area contributed by atoms with Gasteiger partial charge in [0.05, 0.1) is 25.5 Å². The van der Waals surface area contributed by atoms with Crippen molar-refractivity contribution in [3.63, 3.8) is 0 Å². The topological polar surface area (TPSA) is 70.2 Å². The lowest BCUT2D eigenvalue weighted by Crippen LogP contribution is -2.04. The molecular weight excluding hydrogens is 398 g/mol. The lowest BCUT2D eigenvalue weighted by molar-refractivity contribution is 0.0600. The van der Waals surface area contributed by atoms with Gasteiger partial charge in [0.15, 0.2) is 11.0 Å². The number of aryl methyl sites for hydroxylation is 1. The summed E-state index contributed by atoms with van der Waals surface area (Å²) >= 11 is 1.57. The molecule has 2 aromatic heterocycles. The molecule has 0 bridgehead atoms. The van der Waals surface area contributed by atoms with Gasteiger partial charge in [0.25, 0.3) is 0 Å². The fourth-order valence-corrected chi connectivity index (χ4v) is 4.05. The second kappa shape index (κ2) is 9.00. The van der Waals surface area contributed by atoms with Crippen LogP contribution in [0.2, 0.25) is 0 Å². The summed E-state index contributed by atoms with van der Waals surface area (Å²) in [6.07, 6.45) is 1.66. The molecule has 0 atom stereocenters. The van der Waals surface area contributed by atoms with E-state index in [4.69, 9.17) is 9.15 Å². The quantitative estimate of drug-likeness (QED) is 0.311. The summed E-state index contributed by atoms with van der Waals surface area (Å²) < 4.78 is 12.4. The van der Waals surface area contributed by atoms with E-state index in [2.05, 4.69) is 27.8 Å². The van der Waals surface area contributed by atoms with Crippen molar-refractivity contribution in [2.24, 2.45) is 0 Å². The Bertz CT molecular complexity index is 1150. The average Bonchev–Trinajstić information content (AvgIpc) is 3.43. The highest BCUT2D eigenvalue weighted by Gasteiger charge is 2.17. The number of furan rings is 1. The third-order valence-corrected chi connectivity index (χ3v) is 5.75. The maximum absolute atomic E-state index is 11.8. The normalized spacial score (nSPS) is 10.9. The zero-order valence-electron chi connectivity index (χ0n) is 16.7. The number of carbonyl (C=O) groups is 1. The average molecular weight is 420 g/mol. The van der Waals surface area contributed by atoms with Crippen LogP contribution in [0.5, 0.6) is 0 Å². The largest absolute Gasteiger partial charge is 0.467 e. The SMILES string of the molecule is COC(=O)c1cccc(CSc2nnc(-c3ccccc3C)n2Cc2ccco2)c1. The van der Waals surface area contributed by atoms with Gasteiger partial charge < -0.3 is 9.15 Å². The molecule has 0 radical (unpaired) electrons. The van der Waals surface area contributed by atoms with Crippen LogP contribution in [-0.2, 0) is 17.0 Å². The Morgan fingerprint density at radius 2 is 1.97 bits per heavy atom. The molecule has 0 spiro atoms. The molecular formula is C23H21N3O3S. The molecule has 0 aliphatic heterocycles. The Labute approximate surface area is 178 Å². The molecule has 2 heterocycles. The number of carbonyl (C=O) groups excluding carboxylic acids is 1. The van der Waals surface area contributed by atoms with Crippen LogP contribution in [-0.4, -0.2) is 27.8 Å². The predicted molar refractivity (Wildman–Crippen MR) is 115 cm³/mol. The van der Waals surface area contributed by atoms with E-state index in [0.29, 0.717) is 17.9 Å². The summed E-state index contributed by atoms with van der Waals surface area (Å²) in [5.74, 6) is 1.94. The van der Waals surface area contributed by atoms with Crippen molar-refractivity contribution in [2.45, 2.75) is 24.4 Å². The second-order valence-corrected chi connectivity index (χ2v) is 7.71. The van der Waals surface area contributed by atoms with E-state index in [0.717, 1.165) is 33.4 Å². The molecule has 0 saturated carbocycles. The monoisotopic (exact) mass is 419 g/mol. The van der Waals surface area contributed by atoms with Crippen LogP contribution in [0.25, 0.3) is 11.4 Å². The first kappa shape index (κ1) is 20.0. The molecule has 4 aromatic rings. The molecule has 7 heteroatoms. The fraction of sp³-hybridized carbons (Fsp3) is 0.174. The molecule has 152 valence electrons. The molecule has 0 unspecified atom stereocenters. The molecule has 6 nitrogen and oxygen atoms in total. The van der Waals surface area contributed by atoms with Crippen LogP contribution in [0.3, 0.4) is 0 Å². The molecule has 0 aliphatic carbocycles. The number of rotatable bonds is 7. The number of hydrogen-bond acceptors (Lipinski definition) is 6. The minimum Gasteiger partial charge on any atom is -0.467 e. The number of ether oxygens (including phenoxy) is 1. The van der Waals surface area contributed by atoms with E-state index in [1.165, 1.54) is 7.11 Å². The molecule has 2 aromatic carbocycles. The number of nitrogens with zero attached hydrogens (tertiary/aromatic N) is 3. The standard InChI is InChI=1S/C23H21N3O3S/c1-16-7-3-4-11-20(16)21-24-25-23(26(21)14-19-10-6-12-29-19)30-15-17-8-5-9-18(13-17)22(27)28-2/h3-13H,14-15H2,1-2H3. The van der Waals surface area contributed by atoms with Crippen LogP contribution < -0.4 is 0 Å². The zero-order valence-corrected chi connectivity index (χ0v) is 17.6. The predicted octanol–water partition coefficient (Wildman–Crippen LogP) is 4.97. The Morgan fingerprint density at radius 3 is 2.73 bits per heavy atom. The van der Waals surface area contributed by atoms with Crippen molar-refractivity contribution in [1.82, 2.24) is 14.8 Å². The van der Waals surface area contributed by atoms with Gasteiger partial charge in [-0.1, -0.05) is 48.2 Å². The number of hydrogen-bond donors (Lipinski definition) is 0. The maximum Gasteiger partial charge on any atom is 0.337 e. The summed E-state index contributed by atoms with van der Waals surface area (Å²) in [6, 6.07) is 19.4. The third-order valence-electron chi connectivity index (χ3n) is 4.71. The van der Waals surface area contributed by atoms with Crippen LogP contribution in [0, 0.1) is 6.92 Å². The lowest BCUT2D eigenvalue weighted by Gasteiger charge is -2.10. The van der Waals surface area contributed by atoms with Gasteiger partial charge in [-0.05, 0) is 42.3 Å². The van der Waals surface area contributed by atoms with E-state index in [-0.39, 0.29) is 5.97 Å². The van der Waals surface area contributed by atoms with Crippen LogP contribution in [0.4, 0.5) is 0 Å². The third kappa shape index (κ3) is 4.31. The van der Waals surface area contributed by atoms with Gasteiger partial charge in [-0.2, -0.15) is 0 Å². The molecule has 0 aliphatic rings. The minimum absolute atomic E-state index is 0.343. The van der Waals surface area contributed by atoms with Gasteiger partial charge in [-0.15, -0.1) is 10.2 Å². The van der Waals surface area contributed by atoms with E-state index in [1.807, 2.05) is 48.5 Å². The van der Waals surface area contributed by atoms with Crippen LogP contribution in [0.1, 0.15) is 27.2 Å². The summed E-state index contributed by atoms with van der Waals surface area (Å²) in [5.41, 5.74) is 3.71. The number of benzene rings is 2. The lowest BCUT2D eigenvalue weighted by atomic mass is 10.1. The first-order chi connectivity index (χ1) is 14.7. The van der Waals surface area contributed by atoms with E-state index in [9.17, 15) is 4.79 Å². The molecule has 4 rings (SSSR count). The zero-order chi connectivity index (χ0) is 20.9. The van der Waals surface area contributed by atoms with Crippen molar-refractivity contribution in [3.05, 3.63) is 89.4 Å². The highest BCUT2D eigenvalue weighted by molar-refractivity contribution is 7.98. The highest BCUT2D eigenvalue weighted by atomic mass is 32.2.